The fourth-order valence-electron chi connectivity index (χ4n) is 1.52. The van der Waals surface area contributed by atoms with E-state index < -0.39 is 27.3 Å². The van der Waals surface area contributed by atoms with E-state index in [2.05, 4.69) is 0 Å². The van der Waals surface area contributed by atoms with Crippen LogP contribution in [0.5, 0.6) is 0 Å². The first kappa shape index (κ1) is 15.8. The molecule has 4 nitrogen and oxygen atoms in total. The van der Waals surface area contributed by atoms with E-state index >= 15 is 0 Å². The van der Waals surface area contributed by atoms with Crippen LogP contribution in [0.1, 0.15) is 10.4 Å². The number of nitrogens with one attached hydrogen (secondary N) is 1. The van der Waals surface area contributed by atoms with Crippen LogP contribution in [0.25, 0.3) is 0 Å². The minimum Gasteiger partial charge on any atom is -0.389 e. The molecule has 0 atom stereocenters. The first-order valence-corrected chi connectivity index (χ1v) is 8.29. The molecule has 0 saturated carbocycles. The predicted molar refractivity (Wildman–Crippen MR) is 82.1 cm³/mol. The number of hydrogen-bond acceptors (Lipinski definition) is 4. The number of nitrogens with two attached hydrogens (primary N) is 1. The third-order valence-electron chi connectivity index (χ3n) is 2.58. The Kier molecular flexibility index (Phi) is 4.26. The van der Waals surface area contributed by atoms with Crippen molar-refractivity contribution in [3.05, 3.63) is 46.3 Å². The second-order valence-corrected chi connectivity index (χ2v) is 7.60. The lowest BCUT2D eigenvalue weighted by Crippen LogP contribution is -2.13. The standard InChI is InChI=1S/C12H10F2N2O2S3/c1-6-4-8(14)9(5-7(6)13)16-21(17,18)11-3-2-10(20-11)12(15)19/h2-5,16H,1H3,(H2,15,19). The van der Waals surface area contributed by atoms with Gasteiger partial charge >= 0.3 is 0 Å². The van der Waals surface area contributed by atoms with E-state index in [1.165, 1.54) is 19.1 Å². The van der Waals surface area contributed by atoms with Crippen molar-refractivity contribution in [2.24, 2.45) is 5.73 Å². The third-order valence-corrected chi connectivity index (χ3v) is 5.91. The molecule has 1 heterocycles. The van der Waals surface area contributed by atoms with Gasteiger partial charge in [-0.25, -0.2) is 17.2 Å². The zero-order valence-corrected chi connectivity index (χ0v) is 13.1. The highest BCUT2D eigenvalue weighted by Gasteiger charge is 2.20. The average Bonchev–Trinajstić information content (AvgIpc) is 2.86. The van der Waals surface area contributed by atoms with E-state index in [-0.39, 0.29) is 14.8 Å². The summed E-state index contributed by atoms with van der Waals surface area (Å²) < 4.78 is 53.2. The van der Waals surface area contributed by atoms with E-state index in [1.54, 1.807) is 0 Å². The monoisotopic (exact) mass is 348 g/mol. The summed E-state index contributed by atoms with van der Waals surface area (Å²) in [4.78, 5) is 0.481. The highest BCUT2D eigenvalue weighted by atomic mass is 32.2. The third kappa shape index (κ3) is 3.36. The Morgan fingerprint density at radius 1 is 1.29 bits per heavy atom. The molecule has 0 amide bonds. The van der Waals surface area contributed by atoms with Crippen LogP contribution in [-0.2, 0) is 10.0 Å². The molecule has 21 heavy (non-hydrogen) atoms. The van der Waals surface area contributed by atoms with Gasteiger partial charge in [0.1, 0.15) is 20.8 Å². The molecule has 0 aliphatic carbocycles. The first-order chi connectivity index (χ1) is 9.70. The van der Waals surface area contributed by atoms with Crippen molar-refractivity contribution >= 4 is 44.3 Å². The topological polar surface area (TPSA) is 72.2 Å². The lowest BCUT2D eigenvalue weighted by Gasteiger charge is -2.08. The van der Waals surface area contributed by atoms with Crippen LogP contribution in [0, 0.1) is 18.6 Å². The molecule has 0 aliphatic heterocycles. The Morgan fingerprint density at radius 2 is 1.95 bits per heavy atom. The Balaban J connectivity index is 2.37. The maximum atomic E-state index is 13.7. The van der Waals surface area contributed by atoms with Crippen LogP contribution in [0.15, 0.2) is 28.5 Å². The van der Waals surface area contributed by atoms with Crippen LogP contribution in [0.4, 0.5) is 14.5 Å². The van der Waals surface area contributed by atoms with E-state index in [1.807, 2.05) is 4.72 Å². The van der Waals surface area contributed by atoms with Gasteiger partial charge in [0.05, 0.1) is 10.6 Å². The molecule has 0 unspecified atom stereocenters. The highest BCUT2D eigenvalue weighted by Crippen LogP contribution is 2.26. The number of anilines is 1. The molecule has 0 aliphatic rings. The molecule has 0 fully saturated rings. The molecule has 0 bridgehead atoms. The number of rotatable bonds is 4. The summed E-state index contributed by atoms with van der Waals surface area (Å²) in [6.45, 7) is 1.38. The summed E-state index contributed by atoms with van der Waals surface area (Å²) >= 11 is 5.59. The Hall–Kier alpha value is -1.58. The maximum absolute atomic E-state index is 13.7. The molecule has 3 N–H and O–H groups in total. The van der Waals surface area contributed by atoms with Gasteiger partial charge in [-0.3, -0.25) is 4.72 Å². The lowest BCUT2D eigenvalue weighted by molar-refractivity contribution is 0.591. The zero-order chi connectivity index (χ0) is 15.8. The normalized spacial score (nSPS) is 11.4. The number of sulfonamides is 1. The Bertz CT molecular complexity index is 816. The maximum Gasteiger partial charge on any atom is 0.271 e. The summed E-state index contributed by atoms with van der Waals surface area (Å²) in [6.07, 6.45) is 0. The molecule has 2 aromatic rings. The molecule has 0 radical (unpaired) electrons. The van der Waals surface area contributed by atoms with Crippen LogP contribution < -0.4 is 10.5 Å². The van der Waals surface area contributed by atoms with E-state index in [0.29, 0.717) is 4.88 Å². The molecular formula is C12H10F2N2O2S3. The van der Waals surface area contributed by atoms with Gasteiger partial charge < -0.3 is 5.73 Å². The van der Waals surface area contributed by atoms with Gasteiger partial charge in [-0.15, -0.1) is 11.3 Å². The first-order valence-electron chi connectivity index (χ1n) is 5.59. The van der Waals surface area contributed by atoms with Crippen molar-refractivity contribution in [2.75, 3.05) is 4.72 Å². The van der Waals surface area contributed by atoms with Crippen molar-refractivity contribution in [1.29, 1.82) is 0 Å². The molecule has 2 rings (SSSR count). The second kappa shape index (κ2) is 5.66. The van der Waals surface area contributed by atoms with E-state index in [9.17, 15) is 17.2 Å². The fourth-order valence-corrected chi connectivity index (χ4v) is 3.93. The number of halogens is 2. The van der Waals surface area contributed by atoms with E-state index in [4.69, 9.17) is 18.0 Å². The predicted octanol–water partition coefficient (Wildman–Crippen LogP) is 2.77. The summed E-state index contributed by atoms with van der Waals surface area (Å²) in [5.41, 5.74) is 5.03. The van der Waals surface area contributed by atoms with Crippen molar-refractivity contribution in [3.8, 4) is 0 Å². The SMILES string of the molecule is Cc1cc(F)c(NS(=O)(=O)c2ccc(C(N)=S)s2)cc1F. The fraction of sp³-hybridized carbons (Fsp3) is 0.0833. The molecular weight excluding hydrogens is 338 g/mol. The number of benzene rings is 1. The zero-order valence-electron chi connectivity index (χ0n) is 10.7. The van der Waals surface area contributed by atoms with Gasteiger partial charge in [-0.1, -0.05) is 12.2 Å². The number of thiophene rings is 1. The quantitative estimate of drug-likeness (QED) is 0.834. The van der Waals surface area contributed by atoms with Crippen LogP contribution in [-0.4, -0.2) is 13.4 Å². The largest absolute Gasteiger partial charge is 0.389 e. The summed E-state index contributed by atoms with van der Waals surface area (Å²) in [5, 5.41) is 0. The van der Waals surface area contributed by atoms with Crippen LogP contribution >= 0.6 is 23.6 Å². The number of aryl methyl sites for hydroxylation is 1. The molecule has 1 aromatic carbocycles. The second-order valence-electron chi connectivity index (χ2n) is 4.17. The van der Waals surface area contributed by atoms with Crippen LogP contribution in [0.2, 0.25) is 0 Å². The summed E-state index contributed by atoms with van der Waals surface area (Å²) in [7, 11) is -4.03. The average molecular weight is 348 g/mol. The van der Waals surface area contributed by atoms with Crippen molar-refractivity contribution in [2.45, 2.75) is 11.1 Å². The van der Waals surface area contributed by atoms with Crippen molar-refractivity contribution in [1.82, 2.24) is 0 Å². The van der Waals surface area contributed by atoms with Gasteiger partial charge in [0.2, 0.25) is 0 Å². The lowest BCUT2D eigenvalue weighted by atomic mass is 10.2. The van der Waals surface area contributed by atoms with Crippen LogP contribution in [0.3, 0.4) is 0 Å². The summed E-state index contributed by atoms with van der Waals surface area (Å²) in [6, 6.07) is 4.46. The van der Waals surface area contributed by atoms with Gasteiger partial charge in [-0.05, 0) is 30.7 Å². The molecule has 0 spiro atoms. The van der Waals surface area contributed by atoms with Gasteiger partial charge in [0, 0.05) is 6.07 Å². The summed E-state index contributed by atoms with van der Waals surface area (Å²) in [5.74, 6) is -1.56. The Labute approximate surface area is 129 Å². The minimum atomic E-state index is -4.03. The highest BCUT2D eigenvalue weighted by molar-refractivity contribution is 7.94. The van der Waals surface area contributed by atoms with Crippen molar-refractivity contribution in [3.63, 3.8) is 0 Å². The van der Waals surface area contributed by atoms with Gasteiger partial charge in [-0.2, -0.15) is 0 Å². The number of hydrogen-bond donors (Lipinski definition) is 2. The molecule has 0 saturated heterocycles. The van der Waals surface area contributed by atoms with Gasteiger partial charge in [0.15, 0.2) is 0 Å². The molecule has 112 valence electrons. The smallest absolute Gasteiger partial charge is 0.271 e. The van der Waals surface area contributed by atoms with Crippen molar-refractivity contribution < 1.29 is 17.2 Å². The Morgan fingerprint density at radius 3 is 2.52 bits per heavy atom. The van der Waals surface area contributed by atoms with Gasteiger partial charge in [0.25, 0.3) is 10.0 Å². The molecule has 9 heteroatoms. The minimum absolute atomic E-state index is 0.0639. The van der Waals surface area contributed by atoms with E-state index in [0.717, 1.165) is 23.5 Å². The molecule has 1 aromatic heterocycles. The number of thiocarbonyl (C=S) groups is 1.